The summed E-state index contributed by atoms with van der Waals surface area (Å²) in [4.78, 5) is 4.28. The molecule has 0 saturated carbocycles. The van der Waals surface area contributed by atoms with E-state index < -0.39 is 0 Å². The molecule has 1 aromatic heterocycles. The summed E-state index contributed by atoms with van der Waals surface area (Å²) in [5, 5.41) is 19.9. The molecule has 0 unspecified atom stereocenters. The fourth-order valence-corrected chi connectivity index (χ4v) is 1.74. The van der Waals surface area contributed by atoms with E-state index in [2.05, 4.69) is 4.98 Å². The summed E-state index contributed by atoms with van der Waals surface area (Å²) in [5.41, 5.74) is 2.96. The molecule has 0 radical (unpaired) electrons. The number of aryl methyl sites for hydroxylation is 2. The highest BCUT2D eigenvalue weighted by Gasteiger charge is 2.09. The van der Waals surface area contributed by atoms with E-state index >= 15 is 0 Å². The number of pyridine rings is 1. The number of nitrogens with zero attached hydrogens (tertiary/aromatic N) is 1. The van der Waals surface area contributed by atoms with Crippen LogP contribution in [0.1, 0.15) is 16.8 Å². The molecule has 2 N–H and O–H groups in total. The number of aliphatic hydroxyl groups excluding tert-OH is 1. The Hall–Kier alpha value is -1.61. The van der Waals surface area contributed by atoms with E-state index in [9.17, 15) is 5.11 Å². The standard InChI is InChI=1S/C12H13NO2/c1-7-5-9(6-14)12(15)11-10(7)4-3-8(2)13-11/h3-5,14-15H,6H2,1-2H3. The molecule has 0 aliphatic carbocycles. The number of aromatic hydroxyl groups is 1. The second kappa shape index (κ2) is 3.51. The third-order valence-electron chi connectivity index (χ3n) is 2.55. The Bertz CT molecular complexity index is 521. The summed E-state index contributed by atoms with van der Waals surface area (Å²) in [5.74, 6) is 0.0850. The topological polar surface area (TPSA) is 53.4 Å². The van der Waals surface area contributed by atoms with Crippen LogP contribution in [0.15, 0.2) is 18.2 Å². The van der Waals surface area contributed by atoms with Crippen LogP contribution in [0.25, 0.3) is 10.9 Å². The summed E-state index contributed by atoms with van der Waals surface area (Å²) in [6, 6.07) is 5.63. The molecule has 3 nitrogen and oxygen atoms in total. The fraction of sp³-hybridized carbons (Fsp3) is 0.250. The number of rotatable bonds is 1. The molecule has 0 bridgehead atoms. The van der Waals surface area contributed by atoms with Crippen molar-refractivity contribution in [2.24, 2.45) is 0 Å². The van der Waals surface area contributed by atoms with Crippen molar-refractivity contribution in [1.82, 2.24) is 4.98 Å². The molecular formula is C12H13NO2. The largest absolute Gasteiger partial charge is 0.505 e. The zero-order valence-electron chi connectivity index (χ0n) is 8.78. The highest BCUT2D eigenvalue weighted by Crippen LogP contribution is 2.30. The van der Waals surface area contributed by atoms with Gasteiger partial charge in [0.25, 0.3) is 0 Å². The second-order valence-corrected chi connectivity index (χ2v) is 3.71. The van der Waals surface area contributed by atoms with Crippen LogP contribution in [-0.4, -0.2) is 15.2 Å². The Morgan fingerprint density at radius 2 is 2.00 bits per heavy atom. The molecule has 0 atom stereocenters. The lowest BCUT2D eigenvalue weighted by atomic mass is 10.0. The number of fused-ring (bicyclic) bond motifs is 1. The first kappa shape index (κ1) is 9.93. The molecule has 3 heteroatoms. The first-order chi connectivity index (χ1) is 7.13. The Morgan fingerprint density at radius 3 is 2.67 bits per heavy atom. The molecule has 15 heavy (non-hydrogen) atoms. The van der Waals surface area contributed by atoms with E-state index in [1.165, 1.54) is 0 Å². The Balaban J connectivity index is 2.88. The lowest BCUT2D eigenvalue weighted by Gasteiger charge is -2.08. The van der Waals surface area contributed by atoms with Gasteiger partial charge in [-0.2, -0.15) is 0 Å². The van der Waals surface area contributed by atoms with Crippen LogP contribution in [0.5, 0.6) is 5.75 Å². The van der Waals surface area contributed by atoms with Gasteiger partial charge < -0.3 is 10.2 Å². The molecule has 0 aliphatic heterocycles. The van der Waals surface area contributed by atoms with Crippen molar-refractivity contribution in [3.05, 3.63) is 35.0 Å². The lowest BCUT2D eigenvalue weighted by Crippen LogP contribution is -1.92. The van der Waals surface area contributed by atoms with Gasteiger partial charge in [0, 0.05) is 16.6 Å². The average molecular weight is 203 g/mol. The van der Waals surface area contributed by atoms with Gasteiger partial charge in [-0.3, -0.25) is 0 Å². The molecule has 2 rings (SSSR count). The summed E-state index contributed by atoms with van der Waals surface area (Å²) >= 11 is 0. The molecule has 0 fully saturated rings. The van der Waals surface area contributed by atoms with Crippen molar-refractivity contribution in [3.8, 4) is 5.75 Å². The van der Waals surface area contributed by atoms with Gasteiger partial charge in [0.15, 0.2) is 0 Å². The molecule has 0 spiro atoms. The van der Waals surface area contributed by atoms with Gasteiger partial charge in [0.05, 0.1) is 6.61 Å². The minimum atomic E-state index is -0.168. The normalized spacial score (nSPS) is 10.9. The number of benzene rings is 1. The quantitative estimate of drug-likeness (QED) is 0.745. The summed E-state index contributed by atoms with van der Waals surface area (Å²) < 4.78 is 0. The van der Waals surface area contributed by atoms with Crippen LogP contribution in [0.3, 0.4) is 0 Å². The zero-order valence-corrected chi connectivity index (χ0v) is 8.78. The van der Waals surface area contributed by atoms with Gasteiger partial charge in [-0.1, -0.05) is 6.07 Å². The Kier molecular flexibility index (Phi) is 2.32. The number of hydrogen-bond acceptors (Lipinski definition) is 3. The predicted molar refractivity (Wildman–Crippen MR) is 58.8 cm³/mol. The highest BCUT2D eigenvalue weighted by atomic mass is 16.3. The molecule has 0 amide bonds. The van der Waals surface area contributed by atoms with Crippen LogP contribution in [0.2, 0.25) is 0 Å². The number of aromatic nitrogens is 1. The summed E-state index contributed by atoms with van der Waals surface area (Å²) in [7, 11) is 0. The van der Waals surface area contributed by atoms with E-state index in [-0.39, 0.29) is 12.4 Å². The van der Waals surface area contributed by atoms with Gasteiger partial charge in [0.2, 0.25) is 0 Å². The van der Waals surface area contributed by atoms with Gasteiger partial charge in [-0.15, -0.1) is 0 Å². The number of hydrogen-bond donors (Lipinski definition) is 2. The zero-order chi connectivity index (χ0) is 11.0. The van der Waals surface area contributed by atoms with Gasteiger partial charge in [0.1, 0.15) is 11.3 Å². The first-order valence-electron chi connectivity index (χ1n) is 4.83. The number of phenols is 1. The minimum Gasteiger partial charge on any atom is -0.505 e. The minimum absolute atomic E-state index is 0.0850. The maximum atomic E-state index is 9.88. The SMILES string of the molecule is Cc1ccc2c(C)cc(CO)c(O)c2n1. The fourth-order valence-electron chi connectivity index (χ4n) is 1.74. The van der Waals surface area contributed by atoms with Crippen molar-refractivity contribution in [2.75, 3.05) is 0 Å². The molecule has 78 valence electrons. The molecule has 1 heterocycles. The van der Waals surface area contributed by atoms with E-state index in [4.69, 9.17) is 5.11 Å². The van der Waals surface area contributed by atoms with Crippen LogP contribution in [0, 0.1) is 13.8 Å². The van der Waals surface area contributed by atoms with Crippen molar-refractivity contribution >= 4 is 10.9 Å². The molecule has 0 aliphatic rings. The summed E-state index contributed by atoms with van der Waals surface area (Å²) in [6.07, 6.45) is 0. The maximum absolute atomic E-state index is 9.88. The third kappa shape index (κ3) is 1.55. The van der Waals surface area contributed by atoms with Crippen LogP contribution in [0.4, 0.5) is 0 Å². The van der Waals surface area contributed by atoms with E-state index in [1.807, 2.05) is 26.0 Å². The van der Waals surface area contributed by atoms with E-state index in [0.29, 0.717) is 11.1 Å². The van der Waals surface area contributed by atoms with Crippen molar-refractivity contribution in [3.63, 3.8) is 0 Å². The second-order valence-electron chi connectivity index (χ2n) is 3.71. The Labute approximate surface area is 88.0 Å². The molecular weight excluding hydrogens is 190 g/mol. The van der Waals surface area contributed by atoms with Crippen LogP contribution >= 0.6 is 0 Å². The highest BCUT2D eigenvalue weighted by molar-refractivity contribution is 5.88. The van der Waals surface area contributed by atoms with Crippen molar-refractivity contribution in [2.45, 2.75) is 20.5 Å². The monoisotopic (exact) mass is 203 g/mol. The lowest BCUT2D eigenvalue weighted by molar-refractivity contribution is 0.276. The van der Waals surface area contributed by atoms with Crippen LogP contribution in [-0.2, 0) is 6.61 Å². The van der Waals surface area contributed by atoms with Gasteiger partial charge >= 0.3 is 0 Å². The Morgan fingerprint density at radius 1 is 1.27 bits per heavy atom. The third-order valence-corrected chi connectivity index (χ3v) is 2.55. The summed E-state index contributed by atoms with van der Waals surface area (Å²) in [6.45, 7) is 3.65. The molecule has 1 aromatic carbocycles. The van der Waals surface area contributed by atoms with E-state index in [1.54, 1.807) is 6.07 Å². The first-order valence-corrected chi connectivity index (χ1v) is 4.83. The van der Waals surface area contributed by atoms with Crippen LogP contribution < -0.4 is 0 Å². The predicted octanol–water partition coefficient (Wildman–Crippen LogP) is 2.05. The number of aliphatic hydroxyl groups is 1. The van der Waals surface area contributed by atoms with Crippen molar-refractivity contribution in [1.29, 1.82) is 0 Å². The van der Waals surface area contributed by atoms with E-state index in [0.717, 1.165) is 16.6 Å². The van der Waals surface area contributed by atoms with Crippen molar-refractivity contribution < 1.29 is 10.2 Å². The average Bonchev–Trinajstić information content (AvgIpc) is 2.23. The molecule has 2 aromatic rings. The van der Waals surface area contributed by atoms with Gasteiger partial charge in [-0.05, 0) is 31.5 Å². The smallest absolute Gasteiger partial charge is 0.147 e. The maximum Gasteiger partial charge on any atom is 0.147 e. The van der Waals surface area contributed by atoms with Gasteiger partial charge in [-0.25, -0.2) is 4.98 Å². The molecule has 0 saturated heterocycles.